The standard InChI is InChI=1S/C28H28Cl3FN2O.ClH/c1-2-3-18-35-27(22-6-12-24(30)13-7-22)28(31)34-17-16-33(19-34)26(20-4-10-23(29)11-5-20)21-8-14-25(32)15-9-21;/h4-17,26-28H,2-3,18-19H2,1H3;1H. The average Bonchev–Trinajstić information content (AvgIpc) is 3.35. The van der Waals surface area contributed by atoms with Gasteiger partial charge in [0.1, 0.15) is 17.4 Å². The maximum Gasteiger partial charge on any atom is 0.135 e. The molecule has 1 heterocycles. The molecule has 0 fully saturated rings. The zero-order chi connectivity index (χ0) is 24.8. The predicted octanol–water partition coefficient (Wildman–Crippen LogP) is 8.81. The lowest BCUT2D eigenvalue weighted by molar-refractivity contribution is 0.0152. The van der Waals surface area contributed by atoms with Gasteiger partial charge in [-0.15, -0.1) is 12.4 Å². The lowest BCUT2D eigenvalue weighted by Crippen LogP contribution is -2.37. The van der Waals surface area contributed by atoms with Crippen molar-refractivity contribution in [3.8, 4) is 0 Å². The summed E-state index contributed by atoms with van der Waals surface area (Å²) in [5, 5.41) is 1.34. The van der Waals surface area contributed by atoms with Crippen molar-refractivity contribution in [1.82, 2.24) is 9.80 Å². The number of alkyl halides is 1. The summed E-state index contributed by atoms with van der Waals surface area (Å²) in [5.41, 5.74) is 2.56. The number of ether oxygens (including phenoxy) is 1. The van der Waals surface area contributed by atoms with Crippen LogP contribution in [0.4, 0.5) is 4.39 Å². The van der Waals surface area contributed by atoms with Gasteiger partial charge in [0.15, 0.2) is 0 Å². The summed E-state index contributed by atoms with van der Waals surface area (Å²) in [6, 6.07) is 21.8. The number of halogens is 5. The topological polar surface area (TPSA) is 15.7 Å². The molecule has 36 heavy (non-hydrogen) atoms. The monoisotopic (exact) mass is 568 g/mol. The van der Waals surface area contributed by atoms with E-state index in [0.29, 0.717) is 23.3 Å². The molecule has 3 atom stereocenters. The first-order chi connectivity index (χ1) is 17.0. The molecule has 0 spiro atoms. The molecule has 0 aliphatic carbocycles. The largest absolute Gasteiger partial charge is 0.370 e. The van der Waals surface area contributed by atoms with E-state index < -0.39 is 5.50 Å². The van der Waals surface area contributed by atoms with Gasteiger partial charge < -0.3 is 14.5 Å². The Labute approximate surface area is 233 Å². The van der Waals surface area contributed by atoms with E-state index in [1.807, 2.05) is 73.1 Å². The Balaban J connectivity index is 0.00000361. The van der Waals surface area contributed by atoms with Gasteiger partial charge in [-0.25, -0.2) is 4.39 Å². The highest BCUT2D eigenvalue weighted by Crippen LogP contribution is 2.36. The van der Waals surface area contributed by atoms with Crippen molar-refractivity contribution >= 4 is 47.2 Å². The molecule has 1 aliphatic heterocycles. The third kappa shape index (κ3) is 7.08. The highest BCUT2D eigenvalue weighted by atomic mass is 35.5. The zero-order valence-electron chi connectivity index (χ0n) is 19.9. The van der Waals surface area contributed by atoms with Gasteiger partial charge >= 0.3 is 0 Å². The SMILES string of the molecule is CCCCOC(c1ccc(Cl)cc1)C(Cl)N1C=CN(C(c2ccc(F)cc2)c2ccc(Cl)cc2)C1.Cl. The van der Waals surface area contributed by atoms with Crippen molar-refractivity contribution in [2.45, 2.75) is 37.4 Å². The molecule has 0 aromatic heterocycles. The minimum absolute atomic E-state index is 0. The quantitative estimate of drug-likeness (QED) is 0.138. The molecule has 3 aromatic carbocycles. The summed E-state index contributed by atoms with van der Waals surface area (Å²) >= 11 is 19.3. The number of hydrogen-bond acceptors (Lipinski definition) is 3. The minimum atomic E-state index is -0.437. The normalized spacial score (nSPS) is 15.5. The highest BCUT2D eigenvalue weighted by molar-refractivity contribution is 6.30. The van der Waals surface area contributed by atoms with E-state index in [9.17, 15) is 4.39 Å². The molecule has 3 nitrogen and oxygen atoms in total. The second-order valence-electron chi connectivity index (χ2n) is 8.54. The number of benzene rings is 3. The Hall–Kier alpha value is -1.95. The second-order valence-corrected chi connectivity index (χ2v) is 9.86. The van der Waals surface area contributed by atoms with Gasteiger partial charge in [0, 0.05) is 29.1 Å². The van der Waals surface area contributed by atoms with E-state index in [0.717, 1.165) is 29.5 Å². The second kappa shape index (κ2) is 13.6. The van der Waals surface area contributed by atoms with Gasteiger partial charge in [0.25, 0.3) is 0 Å². The maximum absolute atomic E-state index is 13.7. The van der Waals surface area contributed by atoms with Crippen LogP contribution in [0.2, 0.25) is 10.0 Å². The molecule has 0 bridgehead atoms. The summed E-state index contributed by atoms with van der Waals surface area (Å²) in [4.78, 5) is 4.23. The molecule has 4 rings (SSSR count). The number of hydrogen-bond donors (Lipinski definition) is 0. The van der Waals surface area contributed by atoms with E-state index in [2.05, 4.69) is 16.7 Å². The maximum atomic E-state index is 13.7. The lowest BCUT2D eigenvalue weighted by Gasteiger charge is -2.34. The molecule has 0 saturated carbocycles. The van der Waals surface area contributed by atoms with Gasteiger partial charge in [0.2, 0.25) is 0 Å². The van der Waals surface area contributed by atoms with Gasteiger partial charge in [0.05, 0.1) is 12.7 Å². The highest BCUT2D eigenvalue weighted by Gasteiger charge is 2.32. The third-order valence-corrected chi connectivity index (χ3v) is 7.02. The fourth-order valence-corrected chi connectivity index (χ4v) is 4.76. The van der Waals surface area contributed by atoms with E-state index in [4.69, 9.17) is 39.5 Å². The third-order valence-electron chi connectivity index (χ3n) is 6.04. The van der Waals surface area contributed by atoms with Gasteiger partial charge in [-0.1, -0.05) is 84.5 Å². The summed E-state index contributed by atoms with van der Waals surface area (Å²) in [5.74, 6) is -0.266. The zero-order valence-corrected chi connectivity index (χ0v) is 23.0. The lowest BCUT2D eigenvalue weighted by atomic mass is 9.97. The first kappa shape index (κ1) is 28.6. The molecule has 0 saturated heterocycles. The molecule has 8 heteroatoms. The summed E-state index contributed by atoms with van der Waals surface area (Å²) in [6.45, 7) is 3.30. The molecular formula is C28H29Cl4FN2O. The van der Waals surface area contributed by atoms with Gasteiger partial charge in [-0.05, 0) is 59.5 Å². The van der Waals surface area contributed by atoms with Crippen molar-refractivity contribution in [2.24, 2.45) is 0 Å². The van der Waals surface area contributed by atoms with Crippen LogP contribution in [0.5, 0.6) is 0 Å². The molecule has 0 radical (unpaired) electrons. The number of rotatable bonds is 10. The van der Waals surface area contributed by atoms with Crippen LogP contribution in [0.15, 0.2) is 85.2 Å². The summed E-state index contributed by atoms with van der Waals surface area (Å²) < 4.78 is 19.9. The Kier molecular flexibility index (Phi) is 10.8. The van der Waals surface area contributed by atoms with E-state index >= 15 is 0 Å². The molecule has 1 aliphatic rings. The Morgan fingerprint density at radius 3 is 1.86 bits per heavy atom. The Bertz CT molecular complexity index is 1060. The molecule has 192 valence electrons. The molecule has 0 N–H and O–H groups in total. The first-order valence-electron chi connectivity index (χ1n) is 11.7. The van der Waals surface area contributed by atoms with Crippen LogP contribution in [0.1, 0.15) is 48.6 Å². The van der Waals surface area contributed by atoms with Crippen LogP contribution >= 0.6 is 47.2 Å². The fraction of sp³-hybridized carbons (Fsp3) is 0.286. The smallest absolute Gasteiger partial charge is 0.135 e. The van der Waals surface area contributed by atoms with Crippen LogP contribution in [0, 0.1) is 5.82 Å². The van der Waals surface area contributed by atoms with Crippen LogP contribution in [-0.2, 0) is 4.74 Å². The van der Waals surface area contributed by atoms with Crippen molar-refractivity contribution < 1.29 is 9.13 Å². The van der Waals surface area contributed by atoms with Gasteiger partial charge in [-0.2, -0.15) is 0 Å². The van der Waals surface area contributed by atoms with E-state index in [1.54, 1.807) is 0 Å². The summed E-state index contributed by atoms with van der Waals surface area (Å²) in [6.07, 6.45) is 5.67. The number of nitrogens with zero attached hydrogens (tertiary/aromatic N) is 2. The molecule has 0 amide bonds. The van der Waals surface area contributed by atoms with Crippen LogP contribution < -0.4 is 0 Å². The molecule has 3 unspecified atom stereocenters. The molecule has 3 aromatic rings. The van der Waals surface area contributed by atoms with Crippen molar-refractivity contribution in [1.29, 1.82) is 0 Å². The first-order valence-corrected chi connectivity index (χ1v) is 12.9. The fourth-order valence-electron chi connectivity index (χ4n) is 4.16. The van der Waals surface area contributed by atoms with E-state index in [1.165, 1.54) is 12.1 Å². The Morgan fingerprint density at radius 2 is 1.31 bits per heavy atom. The number of unbranched alkanes of at least 4 members (excludes halogenated alkanes) is 1. The van der Waals surface area contributed by atoms with Gasteiger partial charge in [-0.3, -0.25) is 0 Å². The van der Waals surface area contributed by atoms with Crippen molar-refractivity contribution in [2.75, 3.05) is 13.3 Å². The van der Waals surface area contributed by atoms with Crippen LogP contribution in [0.3, 0.4) is 0 Å². The molecular weight excluding hydrogens is 541 g/mol. The predicted molar refractivity (Wildman–Crippen MR) is 149 cm³/mol. The summed E-state index contributed by atoms with van der Waals surface area (Å²) in [7, 11) is 0. The minimum Gasteiger partial charge on any atom is -0.370 e. The van der Waals surface area contributed by atoms with Crippen LogP contribution in [0.25, 0.3) is 0 Å². The van der Waals surface area contributed by atoms with Crippen molar-refractivity contribution in [3.63, 3.8) is 0 Å². The van der Waals surface area contributed by atoms with E-state index in [-0.39, 0.29) is 30.4 Å². The van der Waals surface area contributed by atoms with Crippen LogP contribution in [-0.4, -0.2) is 28.6 Å². The van der Waals surface area contributed by atoms with Crippen molar-refractivity contribution in [3.05, 3.63) is 118 Å². The Morgan fingerprint density at radius 1 is 0.806 bits per heavy atom. The average molecular weight is 570 g/mol.